The monoisotopic (exact) mass is 377 g/mol. The van der Waals surface area contributed by atoms with Gasteiger partial charge in [0.05, 0.1) is 4.90 Å². The number of sulfone groups is 1. The van der Waals surface area contributed by atoms with Crippen LogP contribution in [0.5, 0.6) is 0 Å². The number of carbonyl (C=O) groups excluding carboxylic acids is 1. The summed E-state index contributed by atoms with van der Waals surface area (Å²) in [5.41, 5.74) is 2.23. The van der Waals surface area contributed by atoms with E-state index in [1.165, 1.54) is 18.2 Å². The van der Waals surface area contributed by atoms with Gasteiger partial charge >= 0.3 is 0 Å². The molecule has 4 nitrogen and oxygen atoms in total. The Morgan fingerprint density at radius 1 is 1.20 bits per heavy atom. The lowest BCUT2D eigenvalue weighted by Gasteiger charge is -2.17. The highest BCUT2D eigenvalue weighted by Gasteiger charge is 2.33. The number of benzene rings is 2. The van der Waals surface area contributed by atoms with Crippen LogP contribution in [-0.4, -0.2) is 19.6 Å². The van der Waals surface area contributed by atoms with E-state index in [2.05, 4.69) is 11.9 Å². The second-order valence-corrected chi connectivity index (χ2v) is 8.39. The molecule has 1 unspecified atom stereocenters. The van der Waals surface area contributed by atoms with Gasteiger partial charge in [-0.05, 0) is 50.1 Å². The lowest BCUT2D eigenvalue weighted by Crippen LogP contribution is -2.35. The minimum absolute atomic E-state index is 0.0155. The molecule has 0 radical (unpaired) electrons. The number of anilines is 1. The Bertz CT molecular complexity index is 889. The smallest absolute Gasteiger partial charge is 0.243 e. The van der Waals surface area contributed by atoms with Crippen molar-refractivity contribution >= 4 is 33.0 Å². The lowest BCUT2D eigenvalue weighted by atomic mass is 10.2. The summed E-state index contributed by atoms with van der Waals surface area (Å²) in [6, 6.07) is 11.5. The minimum Gasteiger partial charge on any atom is -0.325 e. The topological polar surface area (TPSA) is 63.2 Å². The maximum atomic E-state index is 12.9. The van der Waals surface area contributed by atoms with Crippen LogP contribution in [0.2, 0.25) is 5.02 Å². The molecule has 0 saturated heterocycles. The van der Waals surface area contributed by atoms with E-state index >= 15 is 0 Å². The van der Waals surface area contributed by atoms with Gasteiger partial charge in [-0.15, -0.1) is 6.58 Å². The maximum absolute atomic E-state index is 12.9. The first kappa shape index (κ1) is 19.2. The van der Waals surface area contributed by atoms with E-state index in [0.29, 0.717) is 10.7 Å². The summed E-state index contributed by atoms with van der Waals surface area (Å²) in [5, 5.41) is 1.88. The quantitative estimate of drug-likeness (QED) is 0.763. The van der Waals surface area contributed by atoms with Crippen molar-refractivity contribution in [1.29, 1.82) is 0 Å². The summed E-state index contributed by atoms with van der Waals surface area (Å²) in [4.78, 5) is 12.8. The average Bonchev–Trinajstić information content (AvgIpc) is 2.56. The number of rotatable bonds is 6. The maximum Gasteiger partial charge on any atom is 0.243 e. The van der Waals surface area contributed by atoms with Crippen molar-refractivity contribution in [3.8, 4) is 0 Å². The van der Waals surface area contributed by atoms with Crippen molar-refractivity contribution < 1.29 is 13.2 Å². The van der Waals surface area contributed by atoms with E-state index in [1.54, 1.807) is 30.3 Å². The largest absolute Gasteiger partial charge is 0.325 e. The fourth-order valence-electron chi connectivity index (χ4n) is 2.36. The Kier molecular flexibility index (Phi) is 6.03. The van der Waals surface area contributed by atoms with E-state index in [-0.39, 0.29) is 11.3 Å². The Labute approximate surface area is 153 Å². The molecule has 1 amide bonds. The van der Waals surface area contributed by atoms with Gasteiger partial charge in [-0.1, -0.05) is 41.4 Å². The number of allylic oxidation sites excluding steroid dienone is 1. The van der Waals surface area contributed by atoms with Gasteiger partial charge in [0.15, 0.2) is 9.84 Å². The van der Waals surface area contributed by atoms with Gasteiger partial charge in [0.1, 0.15) is 5.25 Å². The molecule has 0 aliphatic rings. The fraction of sp³-hybridized carbons (Fsp3) is 0.211. The van der Waals surface area contributed by atoms with Gasteiger partial charge in [-0.3, -0.25) is 4.79 Å². The van der Waals surface area contributed by atoms with E-state index in [9.17, 15) is 13.2 Å². The van der Waals surface area contributed by atoms with Crippen molar-refractivity contribution in [1.82, 2.24) is 0 Å². The number of aryl methyl sites for hydroxylation is 2. The normalized spacial score (nSPS) is 12.4. The van der Waals surface area contributed by atoms with Crippen LogP contribution in [0, 0.1) is 13.8 Å². The van der Waals surface area contributed by atoms with Gasteiger partial charge in [0.2, 0.25) is 5.91 Å². The number of hydrogen-bond acceptors (Lipinski definition) is 3. The molecule has 6 heteroatoms. The zero-order valence-corrected chi connectivity index (χ0v) is 15.7. The third-order valence-electron chi connectivity index (χ3n) is 3.85. The van der Waals surface area contributed by atoms with Crippen LogP contribution in [0.15, 0.2) is 60.0 Å². The molecule has 0 fully saturated rings. The van der Waals surface area contributed by atoms with Crippen molar-refractivity contribution in [2.75, 3.05) is 5.32 Å². The predicted octanol–water partition coefficient (Wildman–Crippen LogP) is 4.31. The van der Waals surface area contributed by atoms with E-state index < -0.39 is 21.0 Å². The number of hydrogen-bond donors (Lipinski definition) is 1. The summed E-state index contributed by atoms with van der Waals surface area (Å²) in [6.07, 6.45) is 1.45. The molecule has 2 aromatic carbocycles. The first-order valence-corrected chi connectivity index (χ1v) is 9.66. The zero-order chi connectivity index (χ0) is 18.6. The van der Waals surface area contributed by atoms with E-state index in [1.807, 2.05) is 13.8 Å². The van der Waals surface area contributed by atoms with Crippen LogP contribution in [0.3, 0.4) is 0 Å². The van der Waals surface area contributed by atoms with Gasteiger partial charge in [0, 0.05) is 10.7 Å². The van der Waals surface area contributed by atoms with Gasteiger partial charge in [-0.25, -0.2) is 8.42 Å². The minimum atomic E-state index is -3.84. The van der Waals surface area contributed by atoms with E-state index in [4.69, 9.17) is 11.6 Å². The zero-order valence-electron chi connectivity index (χ0n) is 14.1. The van der Waals surface area contributed by atoms with Crippen molar-refractivity contribution in [2.24, 2.45) is 0 Å². The molecule has 0 heterocycles. The molecule has 0 bridgehead atoms. The first-order valence-electron chi connectivity index (χ1n) is 7.74. The summed E-state index contributed by atoms with van der Waals surface area (Å²) >= 11 is 5.96. The van der Waals surface area contributed by atoms with Gasteiger partial charge in [0.25, 0.3) is 0 Å². The molecule has 0 aliphatic heterocycles. The molecule has 0 aromatic heterocycles. The molecule has 25 heavy (non-hydrogen) atoms. The van der Waals surface area contributed by atoms with Crippen LogP contribution in [-0.2, 0) is 14.6 Å². The van der Waals surface area contributed by atoms with Gasteiger partial charge in [-0.2, -0.15) is 0 Å². The van der Waals surface area contributed by atoms with Crippen LogP contribution in [0.25, 0.3) is 0 Å². The van der Waals surface area contributed by atoms with Crippen LogP contribution in [0.1, 0.15) is 17.5 Å². The summed E-state index contributed by atoms with van der Waals surface area (Å²) in [5.74, 6) is -0.606. The molecular weight excluding hydrogens is 358 g/mol. The van der Waals surface area contributed by atoms with Crippen LogP contribution in [0.4, 0.5) is 5.69 Å². The standard InChI is InChI=1S/C19H20ClNO3S/c1-4-5-18(25(23,24)16-10-6-13(2)7-11-16)19(22)21-17-12-15(20)9-8-14(17)3/h4,6-12,18H,1,5H2,2-3H3,(H,21,22). The van der Waals surface area contributed by atoms with Crippen molar-refractivity contribution in [3.63, 3.8) is 0 Å². The van der Waals surface area contributed by atoms with Gasteiger partial charge < -0.3 is 5.32 Å². The highest BCUT2D eigenvalue weighted by Crippen LogP contribution is 2.24. The summed E-state index contributed by atoms with van der Waals surface area (Å²) in [6.45, 7) is 7.25. The van der Waals surface area contributed by atoms with Crippen LogP contribution >= 0.6 is 11.6 Å². The molecule has 0 saturated carbocycles. The third kappa shape index (κ3) is 4.50. The summed E-state index contributed by atoms with van der Waals surface area (Å²) in [7, 11) is -3.84. The number of amides is 1. The SMILES string of the molecule is C=CCC(C(=O)Nc1cc(Cl)ccc1C)S(=O)(=O)c1ccc(C)cc1. The Morgan fingerprint density at radius 3 is 2.44 bits per heavy atom. The molecule has 2 aromatic rings. The molecule has 132 valence electrons. The van der Waals surface area contributed by atoms with Crippen LogP contribution < -0.4 is 5.32 Å². The number of nitrogens with one attached hydrogen (secondary N) is 1. The molecule has 1 N–H and O–H groups in total. The average molecular weight is 378 g/mol. The summed E-state index contributed by atoms with van der Waals surface area (Å²) < 4.78 is 25.8. The fourth-order valence-corrected chi connectivity index (χ4v) is 4.11. The number of carbonyl (C=O) groups is 1. The Balaban J connectivity index is 2.36. The molecular formula is C19H20ClNO3S. The highest BCUT2D eigenvalue weighted by atomic mass is 35.5. The number of halogens is 1. The Morgan fingerprint density at radius 2 is 1.84 bits per heavy atom. The Hall–Kier alpha value is -2.11. The lowest BCUT2D eigenvalue weighted by molar-refractivity contribution is -0.115. The van der Waals surface area contributed by atoms with E-state index in [0.717, 1.165) is 11.1 Å². The molecule has 0 aliphatic carbocycles. The third-order valence-corrected chi connectivity index (χ3v) is 6.17. The molecule has 2 rings (SSSR count). The second kappa shape index (κ2) is 7.85. The molecule has 1 atom stereocenters. The molecule has 0 spiro atoms. The highest BCUT2D eigenvalue weighted by molar-refractivity contribution is 7.92. The second-order valence-electron chi connectivity index (χ2n) is 5.82. The first-order chi connectivity index (χ1) is 11.8. The predicted molar refractivity (Wildman–Crippen MR) is 102 cm³/mol. The van der Waals surface area contributed by atoms with Crippen molar-refractivity contribution in [2.45, 2.75) is 30.4 Å². The van der Waals surface area contributed by atoms with Crippen molar-refractivity contribution in [3.05, 3.63) is 71.3 Å².